The van der Waals surface area contributed by atoms with Crippen LogP contribution in [0.25, 0.3) is 0 Å². The molecule has 1 rings (SSSR count). The number of halogens is 14. The minimum Gasteiger partial charge on any atom is -0.222 e. The van der Waals surface area contributed by atoms with Gasteiger partial charge in [0.15, 0.2) is 0 Å². The molecular weight excluding hydrogens is 474 g/mol. The van der Waals surface area contributed by atoms with Crippen LogP contribution in [0.1, 0.15) is 0 Å². The number of alkyl halides is 13. The lowest BCUT2D eigenvalue weighted by atomic mass is 9.92. The van der Waals surface area contributed by atoms with E-state index in [4.69, 9.17) is 0 Å². The third-order valence-corrected chi connectivity index (χ3v) is 5.94. The van der Waals surface area contributed by atoms with Gasteiger partial charge in [-0.3, -0.25) is 0 Å². The molecular formula is C12H4F14O2S. The van der Waals surface area contributed by atoms with Crippen molar-refractivity contribution < 1.29 is 69.9 Å². The van der Waals surface area contributed by atoms with Gasteiger partial charge in [0.2, 0.25) is 9.84 Å². The second-order valence-corrected chi connectivity index (χ2v) is 7.37. The smallest absolute Gasteiger partial charge is 0.222 e. The molecule has 17 heteroatoms. The van der Waals surface area contributed by atoms with Crippen LogP contribution in [-0.2, 0) is 9.84 Å². The zero-order valence-corrected chi connectivity index (χ0v) is 13.6. The molecule has 0 aromatic heterocycles. The van der Waals surface area contributed by atoms with E-state index in [9.17, 15) is 69.9 Å². The molecule has 1 aromatic rings. The Bertz CT molecular complexity index is 831. The fourth-order valence-corrected chi connectivity index (χ4v) is 4.10. The average Bonchev–Trinajstić information content (AvgIpc) is 2.42. The Labute approximate surface area is 151 Å². The van der Waals surface area contributed by atoms with Crippen molar-refractivity contribution in [1.82, 2.24) is 0 Å². The molecule has 0 aliphatic rings. The molecule has 0 aliphatic heterocycles. The quantitative estimate of drug-likeness (QED) is 0.435. The van der Waals surface area contributed by atoms with Crippen molar-refractivity contribution in [3.05, 3.63) is 30.1 Å². The highest BCUT2D eigenvalue weighted by atomic mass is 32.2. The molecule has 0 fully saturated rings. The Kier molecular flexibility index (Phi) is 5.74. The van der Waals surface area contributed by atoms with Crippen LogP contribution in [0.2, 0.25) is 0 Å². The summed E-state index contributed by atoms with van der Waals surface area (Å²) in [6.07, 6.45) is -23.6. The molecule has 0 N–H and O–H groups in total. The Balaban J connectivity index is 4.24. The zero-order chi connectivity index (χ0) is 23.5. The summed E-state index contributed by atoms with van der Waals surface area (Å²) in [4.78, 5) is -2.44. The summed E-state index contributed by atoms with van der Waals surface area (Å²) in [6, 6.07) is -1.19. The molecule has 0 unspecified atom stereocenters. The maximum atomic E-state index is 13.9. The molecule has 0 amide bonds. The lowest BCUT2D eigenvalue weighted by Gasteiger charge is -2.44. The predicted molar refractivity (Wildman–Crippen MR) is 64.4 cm³/mol. The molecule has 0 spiro atoms. The fourth-order valence-electron chi connectivity index (χ4n) is 2.18. The van der Waals surface area contributed by atoms with Gasteiger partial charge in [0.25, 0.3) is 0 Å². The van der Waals surface area contributed by atoms with Gasteiger partial charge in [-0.2, -0.15) is 57.1 Å². The minimum absolute atomic E-state index is 0.148. The van der Waals surface area contributed by atoms with Crippen molar-refractivity contribution in [2.24, 2.45) is 0 Å². The lowest BCUT2D eigenvalue weighted by Crippen LogP contribution is -2.77. The summed E-state index contributed by atoms with van der Waals surface area (Å²) in [5, 5.41) is 0. The molecule has 168 valence electrons. The van der Waals surface area contributed by atoms with Gasteiger partial charge >= 0.3 is 35.1 Å². The standard InChI is InChI=1S/C12H4F14O2S/c13-5-1-3-6(4-2-5)29(27,28)7(10(18,19)20,11(21,22)23)8(14,15)9(16,17)12(24,25)26/h1-4H. The van der Waals surface area contributed by atoms with E-state index in [2.05, 4.69) is 0 Å². The van der Waals surface area contributed by atoms with Gasteiger partial charge < -0.3 is 0 Å². The molecule has 0 heterocycles. The van der Waals surface area contributed by atoms with Crippen LogP contribution in [0.4, 0.5) is 61.5 Å². The van der Waals surface area contributed by atoms with E-state index in [1.54, 1.807) is 0 Å². The van der Waals surface area contributed by atoms with Crippen molar-refractivity contribution in [3.63, 3.8) is 0 Å². The van der Waals surface area contributed by atoms with E-state index in [0.29, 0.717) is 0 Å². The Morgan fingerprint density at radius 1 is 0.552 bits per heavy atom. The first-order chi connectivity index (χ1) is 12.5. The van der Waals surface area contributed by atoms with Crippen molar-refractivity contribution in [1.29, 1.82) is 0 Å². The molecule has 2 nitrogen and oxygen atoms in total. The molecule has 0 saturated heterocycles. The molecule has 0 atom stereocenters. The number of hydrogen-bond acceptors (Lipinski definition) is 2. The second-order valence-electron chi connectivity index (χ2n) is 5.28. The minimum atomic E-state index is -8.35. The van der Waals surface area contributed by atoms with Crippen LogP contribution in [0.5, 0.6) is 0 Å². The molecule has 0 saturated carbocycles. The topological polar surface area (TPSA) is 34.1 Å². The Morgan fingerprint density at radius 2 is 0.897 bits per heavy atom. The van der Waals surface area contributed by atoms with Gasteiger partial charge in [-0.25, -0.2) is 12.8 Å². The highest BCUT2D eigenvalue weighted by Gasteiger charge is 2.97. The van der Waals surface area contributed by atoms with Gasteiger partial charge in [-0.05, 0) is 24.3 Å². The molecule has 1 aromatic carbocycles. The summed E-state index contributed by atoms with van der Waals surface area (Å²) in [6.45, 7) is 0. The van der Waals surface area contributed by atoms with Crippen molar-refractivity contribution in [2.75, 3.05) is 0 Å². The maximum absolute atomic E-state index is 13.9. The third kappa shape index (κ3) is 3.30. The van der Waals surface area contributed by atoms with Crippen LogP contribution in [0.3, 0.4) is 0 Å². The number of hydrogen-bond donors (Lipinski definition) is 0. The first-order valence-electron chi connectivity index (χ1n) is 6.46. The predicted octanol–water partition coefficient (Wildman–Crippen LogP) is 5.30. The summed E-state index contributed by atoms with van der Waals surface area (Å²) in [5.41, 5.74) is 0. The normalized spacial score (nSPS) is 15.5. The highest BCUT2D eigenvalue weighted by molar-refractivity contribution is 7.93. The first-order valence-corrected chi connectivity index (χ1v) is 7.94. The van der Waals surface area contributed by atoms with Crippen LogP contribution in [-0.4, -0.2) is 43.5 Å². The van der Waals surface area contributed by atoms with Crippen molar-refractivity contribution in [2.45, 2.75) is 40.0 Å². The van der Waals surface area contributed by atoms with E-state index in [1.807, 2.05) is 0 Å². The number of sulfone groups is 1. The summed E-state index contributed by atoms with van der Waals surface area (Å²) in [7, 11) is -7.84. The van der Waals surface area contributed by atoms with Crippen LogP contribution >= 0.6 is 0 Å². The molecule has 0 bridgehead atoms. The number of rotatable bonds is 4. The maximum Gasteiger partial charge on any atom is 0.459 e. The lowest BCUT2D eigenvalue weighted by molar-refractivity contribution is -0.407. The monoisotopic (exact) mass is 478 g/mol. The molecule has 29 heavy (non-hydrogen) atoms. The summed E-state index contributed by atoms with van der Waals surface area (Å²) in [5.74, 6) is -18.0. The number of benzene rings is 1. The zero-order valence-electron chi connectivity index (χ0n) is 12.8. The van der Waals surface area contributed by atoms with Gasteiger partial charge in [0.05, 0.1) is 4.90 Å². The van der Waals surface area contributed by atoms with E-state index in [0.717, 1.165) is 0 Å². The van der Waals surface area contributed by atoms with Crippen LogP contribution in [0.15, 0.2) is 29.2 Å². The Morgan fingerprint density at radius 3 is 1.17 bits per heavy atom. The highest BCUT2D eigenvalue weighted by Crippen LogP contribution is 2.64. The van der Waals surface area contributed by atoms with E-state index in [-0.39, 0.29) is 12.1 Å². The van der Waals surface area contributed by atoms with Gasteiger partial charge in [-0.15, -0.1) is 0 Å². The van der Waals surface area contributed by atoms with Gasteiger partial charge in [0.1, 0.15) is 5.82 Å². The third-order valence-electron chi connectivity index (χ3n) is 3.52. The average molecular weight is 478 g/mol. The first kappa shape index (κ1) is 25.2. The van der Waals surface area contributed by atoms with Gasteiger partial charge in [0, 0.05) is 0 Å². The van der Waals surface area contributed by atoms with E-state index >= 15 is 0 Å². The summed E-state index contributed by atoms with van der Waals surface area (Å²) >= 11 is 0. The van der Waals surface area contributed by atoms with Crippen LogP contribution in [0, 0.1) is 5.82 Å². The molecule has 0 aliphatic carbocycles. The van der Waals surface area contributed by atoms with Crippen molar-refractivity contribution in [3.8, 4) is 0 Å². The fraction of sp³-hybridized carbons (Fsp3) is 0.500. The van der Waals surface area contributed by atoms with Crippen molar-refractivity contribution >= 4 is 9.84 Å². The van der Waals surface area contributed by atoms with E-state index < -0.39 is 67.8 Å². The van der Waals surface area contributed by atoms with Crippen LogP contribution < -0.4 is 0 Å². The second kappa shape index (κ2) is 6.60. The SMILES string of the molecule is O=S(=O)(c1ccc(F)cc1)C(C(F)(F)F)(C(F)(F)F)C(F)(F)C(F)(F)C(F)(F)F. The molecule has 0 radical (unpaired) electrons. The largest absolute Gasteiger partial charge is 0.459 e. The van der Waals surface area contributed by atoms with E-state index in [1.165, 1.54) is 0 Å². The van der Waals surface area contributed by atoms with Gasteiger partial charge in [-0.1, -0.05) is 0 Å². The Hall–Kier alpha value is -1.81. The summed E-state index contributed by atoms with van der Waals surface area (Å²) < 4.78 is 199.